The molecule has 3 aliphatic rings. The second kappa shape index (κ2) is 6.93. The van der Waals surface area contributed by atoms with E-state index in [0.717, 1.165) is 57.0 Å². The molecule has 2 saturated heterocycles. The Morgan fingerprint density at radius 1 is 1.08 bits per heavy atom. The Morgan fingerprint density at radius 2 is 2.04 bits per heavy atom. The number of nitrogens with one attached hydrogen (secondary N) is 1. The molecule has 5 rings (SSSR count). The largest absolute Gasteiger partial charge is 0.353 e. The Balaban J connectivity index is 1.56. The Bertz CT molecular complexity index is 777. The number of fused-ring (bicyclic) bond motifs is 2. The Labute approximate surface area is 154 Å². The summed E-state index contributed by atoms with van der Waals surface area (Å²) in [6, 6.07) is 4.71. The molecule has 0 unspecified atom stereocenters. The molecule has 0 spiro atoms. The number of nitrogens with zero attached hydrogens (tertiary/aromatic N) is 5. The average molecular weight is 350 g/mol. The van der Waals surface area contributed by atoms with Gasteiger partial charge in [-0.1, -0.05) is 0 Å². The predicted molar refractivity (Wildman–Crippen MR) is 102 cm³/mol. The zero-order valence-electron chi connectivity index (χ0n) is 15.2. The van der Waals surface area contributed by atoms with Crippen LogP contribution in [0.4, 0.5) is 5.82 Å². The fourth-order valence-corrected chi connectivity index (χ4v) is 4.59. The molecule has 0 bridgehead atoms. The van der Waals surface area contributed by atoms with Crippen LogP contribution in [0.3, 0.4) is 0 Å². The second-order valence-electron chi connectivity index (χ2n) is 7.57. The first-order valence-electron chi connectivity index (χ1n) is 9.88. The summed E-state index contributed by atoms with van der Waals surface area (Å²) in [5.74, 6) is 1.99. The van der Waals surface area contributed by atoms with Crippen molar-refractivity contribution in [2.24, 2.45) is 0 Å². The molecule has 0 aliphatic carbocycles. The summed E-state index contributed by atoms with van der Waals surface area (Å²) in [6.45, 7) is 6.60. The third-order valence-electron chi connectivity index (χ3n) is 5.97. The molecular formula is C20H26N6. The highest BCUT2D eigenvalue weighted by Gasteiger charge is 2.32. The van der Waals surface area contributed by atoms with Crippen molar-refractivity contribution in [1.82, 2.24) is 25.2 Å². The fraction of sp³-hybridized carbons (Fsp3) is 0.550. The van der Waals surface area contributed by atoms with Crippen LogP contribution in [0.1, 0.15) is 24.1 Å². The summed E-state index contributed by atoms with van der Waals surface area (Å²) >= 11 is 0. The van der Waals surface area contributed by atoms with Crippen molar-refractivity contribution in [3.05, 3.63) is 35.8 Å². The average Bonchev–Trinajstić information content (AvgIpc) is 3.03. The van der Waals surface area contributed by atoms with Gasteiger partial charge in [-0.2, -0.15) is 0 Å². The van der Waals surface area contributed by atoms with Gasteiger partial charge in [0.25, 0.3) is 0 Å². The molecule has 2 aromatic heterocycles. The number of aromatic nitrogens is 3. The van der Waals surface area contributed by atoms with Crippen LogP contribution >= 0.6 is 0 Å². The number of hydrogen-bond acceptors (Lipinski definition) is 6. The number of hydrogen-bond donors (Lipinski definition) is 1. The van der Waals surface area contributed by atoms with Gasteiger partial charge in [0.05, 0.1) is 5.69 Å². The van der Waals surface area contributed by atoms with E-state index in [1.54, 1.807) is 6.20 Å². The maximum Gasteiger partial charge on any atom is 0.163 e. The topological polar surface area (TPSA) is 57.2 Å². The lowest BCUT2D eigenvalue weighted by Crippen LogP contribution is -2.50. The van der Waals surface area contributed by atoms with Crippen LogP contribution in [0, 0.1) is 0 Å². The predicted octanol–water partition coefficient (Wildman–Crippen LogP) is 1.51. The smallest absolute Gasteiger partial charge is 0.163 e. The molecule has 1 N–H and O–H groups in total. The van der Waals surface area contributed by atoms with Crippen molar-refractivity contribution in [2.45, 2.75) is 31.7 Å². The summed E-state index contributed by atoms with van der Waals surface area (Å²) in [5, 5.41) is 3.51. The molecule has 1 atom stereocenters. The molecule has 136 valence electrons. The molecule has 2 fully saturated rings. The molecule has 6 heteroatoms. The number of anilines is 1. The lowest BCUT2D eigenvalue weighted by Gasteiger charge is -2.39. The number of rotatable bonds is 2. The molecule has 26 heavy (non-hydrogen) atoms. The van der Waals surface area contributed by atoms with Gasteiger partial charge in [-0.3, -0.25) is 9.88 Å². The second-order valence-corrected chi connectivity index (χ2v) is 7.57. The highest BCUT2D eigenvalue weighted by Crippen LogP contribution is 2.30. The Morgan fingerprint density at radius 3 is 2.96 bits per heavy atom. The third kappa shape index (κ3) is 2.97. The van der Waals surface area contributed by atoms with Crippen LogP contribution in [0.15, 0.2) is 24.5 Å². The standard InChI is InChI=1S/C20H26N6/c1-3-15(13-22-7-1)19-23-18-6-9-21-8-5-17(18)20(24-19)26-12-11-25-10-2-4-16(25)14-26/h1,3,7,13,16,21H,2,4-6,8-12,14H2/t16-/m1/s1. The maximum absolute atomic E-state index is 5.06. The van der Waals surface area contributed by atoms with Crippen molar-refractivity contribution in [3.8, 4) is 11.4 Å². The van der Waals surface area contributed by atoms with Gasteiger partial charge in [0.2, 0.25) is 0 Å². The Hall–Kier alpha value is -2.05. The Kier molecular flexibility index (Phi) is 4.30. The lowest BCUT2D eigenvalue weighted by atomic mass is 10.1. The molecule has 0 amide bonds. The summed E-state index contributed by atoms with van der Waals surface area (Å²) in [4.78, 5) is 19.4. The van der Waals surface area contributed by atoms with Gasteiger partial charge in [-0.05, 0) is 44.5 Å². The van der Waals surface area contributed by atoms with Gasteiger partial charge in [0.1, 0.15) is 5.82 Å². The van der Waals surface area contributed by atoms with Gasteiger partial charge in [-0.15, -0.1) is 0 Å². The molecule has 5 heterocycles. The first-order valence-corrected chi connectivity index (χ1v) is 9.88. The monoisotopic (exact) mass is 350 g/mol. The SMILES string of the molecule is c1cncc(-c2nc3c(c(N4CCN5CCC[C@@H]5C4)n2)CCNCC3)c1. The van der Waals surface area contributed by atoms with Crippen LogP contribution in [0.5, 0.6) is 0 Å². The van der Waals surface area contributed by atoms with E-state index in [-0.39, 0.29) is 0 Å². The molecular weight excluding hydrogens is 324 g/mol. The van der Waals surface area contributed by atoms with Crippen LogP contribution in [-0.2, 0) is 12.8 Å². The van der Waals surface area contributed by atoms with E-state index in [1.165, 1.54) is 36.5 Å². The van der Waals surface area contributed by atoms with E-state index >= 15 is 0 Å². The van der Waals surface area contributed by atoms with Gasteiger partial charge < -0.3 is 10.2 Å². The maximum atomic E-state index is 5.06. The van der Waals surface area contributed by atoms with Crippen molar-refractivity contribution < 1.29 is 0 Å². The normalized spacial score (nSPS) is 23.4. The molecule has 0 aromatic carbocycles. The molecule has 0 saturated carbocycles. The van der Waals surface area contributed by atoms with Crippen molar-refractivity contribution >= 4 is 5.82 Å². The molecule has 6 nitrogen and oxygen atoms in total. The van der Waals surface area contributed by atoms with E-state index in [0.29, 0.717) is 6.04 Å². The van der Waals surface area contributed by atoms with Gasteiger partial charge >= 0.3 is 0 Å². The van der Waals surface area contributed by atoms with Crippen LogP contribution in [-0.4, -0.2) is 65.2 Å². The van der Waals surface area contributed by atoms with Gasteiger partial charge in [-0.25, -0.2) is 9.97 Å². The zero-order chi connectivity index (χ0) is 17.3. The molecule has 0 radical (unpaired) electrons. The minimum absolute atomic E-state index is 0.695. The summed E-state index contributed by atoms with van der Waals surface area (Å²) < 4.78 is 0. The first kappa shape index (κ1) is 16.1. The first-order chi connectivity index (χ1) is 12.9. The summed E-state index contributed by atoms with van der Waals surface area (Å²) in [6.07, 6.45) is 8.32. The number of pyridine rings is 1. The highest BCUT2D eigenvalue weighted by atomic mass is 15.3. The van der Waals surface area contributed by atoms with Crippen molar-refractivity contribution in [3.63, 3.8) is 0 Å². The quantitative estimate of drug-likeness (QED) is 0.886. The number of piperazine rings is 1. The third-order valence-corrected chi connectivity index (χ3v) is 5.97. The van der Waals surface area contributed by atoms with Gasteiger partial charge in [0, 0.05) is 62.2 Å². The van der Waals surface area contributed by atoms with Gasteiger partial charge in [0.15, 0.2) is 5.82 Å². The molecule has 2 aromatic rings. The molecule has 3 aliphatic heterocycles. The van der Waals surface area contributed by atoms with E-state index < -0.39 is 0 Å². The summed E-state index contributed by atoms with van der Waals surface area (Å²) in [5.41, 5.74) is 3.58. The van der Waals surface area contributed by atoms with E-state index in [2.05, 4.69) is 26.2 Å². The van der Waals surface area contributed by atoms with Crippen molar-refractivity contribution in [2.75, 3.05) is 44.2 Å². The zero-order valence-corrected chi connectivity index (χ0v) is 15.2. The minimum atomic E-state index is 0.695. The fourth-order valence-electron chi connectivity index (χ4n) is 4.59. The van der Waals surface area contributed by atoms with Crippen LogP contribution < -0.4 is 10.2 Å². The van der Waals surface area contributed by atoms with E-state index in [4.69, 9.17) is 9.97 Å². The minimum Gasteiger partial charge on any atom is -0.353 e. The van der Waals surface area contributed by atoms with Crippen molar-refractivity contribution in [1.29, 1.82) is 0 Å². The lowest BCUT2D eigenvalue weighted by molar-refractivity contribution is 0.230. The summed E-state index contributed by atoms with van der Waals surface area (Å²) in [7, 11) is 0. The van der Waals surface area contributed by atoms with E-state index in [9.17, 15) is 0 Å². The van der Waals surface area contributed by atoms with Crippen LogP contribution in [0.25, 0.3) is 11.4 Å². The van der Waals surface area contributed by atoms with E-state index in [1.807, 2.05) is 12.3 Å². The van der Waals surface area contributed by atoms with Crippen LogP contribution in [0.2, 0.25) is 0 Å². The highest BCUT2D eigenvalue weighted by molar-refractivity contribution is 5.60.